The second kappa shape index (κ2) is 8.64. The Morgan fingerprint density at radius 1 is 1.42 bits per heavy atom. The van der Waals surface area contributed by atoms with Crippen LogP contribution in [0.15, 0.2) is 36.9 Å². The molecule has 0 aliphatic carbocycles. The van der Waals surface area contributed by atoms with Gasteiger partial charge in [-0.1, -0.05) is 25.1 Å². The molecule has 1 unspecified atom stereocenters. The maximum absolute atomic E-state index is 12.2. The number of hydrogen-bond acceptors (Lipinski definition) is 2. The van der Waals surface area contributed by atoms with Crippen LogP contribution >= 0.6 is 0 Å². The van der Waals surface area contributed by atoms with Gasteiger partial charge in [0.2, 0.25) is 0 Å². The number of hydrogen-bond donors (Lipinski definition) is 1. The molecule has 4 heteroatoms. The minimum absolute atomic E-state index is 0.158. The van der Waals surface area contributed by atoms with Crippen molar-refractivity contribution in [3.63, 3.8) is 0 Å². The zero-order valence-corrected chi connectivity index (χ0v) is 11.2. The number of ether oxygens (including phenoxy) is 1. The first kappa shape index (κ1) is 15.6. The van der Waals surface area contributed by atoms with Gasteiger partial charge in [0.25, 0.3) is 0 Å². The molecule has 0 aromatic heterocycles. The van der Waals surface area contributed by atoms with E-state index in [4.69, 9.17) is 0 Å². The summed E-state index contributed by atoms with van der Waals surface area (Å²) in [6.07, 6.45) is 4.80. The van der Waals surface area contributed by atoms with E-state index in [0.717, 1.165) is 31.4 Å². The molecule has 0 radical (unpaired) electrons. The summed E-state index contributed by atoms with van der Waals surface area (Å²) in [6.45, 7) is 3.78. The summed E-state index contributed by atoms with van der Waals surface area (Å²) in [5, 5.41) is 3.36. The Bertz CT molecular complexity index is 382. The number of unbranched alkanes of at least 4 members (excludes halogenated alkanes) is 1. The van der Waals surface area contributed by atoms with Crippen molar-refractivity contribution >= 4 is 0 Å². The second-order valence-electron chi connectivity index (χ2n) is 4.28. The molecule has 1 N–H and O–H groups in total. The van der Waals surface area contributed by atoms with E-state index in [-0.39, 0.29) is 11.8 Å². The molecule has 0 heterocycles. The Hall–Kier alpha value is -1.42. The predicted octanol–water partition coefficient (Wildman–Crippen LogP) is 4.29. The molecule has 19 heavy (non-hydrogen) atoms. The van der Waals surface area contributed by atoms with E-state index < -0.39 is 6.61 Å². The normalized spacial score (nSPS) is 12.4. The van der Waals surface area contributed by atoms with E-state index in [9.17, 15) is 8.78 Å². The zero-order chi connectivity index (χ0) is 14.1. The van der Waals surface area contributed by atoms with E-state index in [0.29, 0.717) is 0 Å². The molecule has 0 spiro atoms. The highest BCUT2D eigenvalue weighted by atomic mass is 19.3. The third-order valence-electron chi connectivity index (χ3n) is 2.84. The average molecular weight is 269 g/mol. The lowest BCUT2D eigenvalue weighted by molar-refractivity contribution is -0.0499. The van der Waals surface area contributed by atoms with Gasteiger partial charge in [-0.05, 0) is 43.5 Å². The quantitative estimate of drug-likeness (QED) is 0.533. The highest BCUT2D eigenvalue weighted by Crippen LogP contribution is 2.24. The molecule has 0 saturated heterocycles. The van der Waals surface area contributed by atoms with Gasteiger partial charge in [-0.2, -0.15) is 8.78 Å². The molecule has 0 saturated carbocycles. The fourth-order valence-electron chi connectivity index (χ4n) is 2.01. The predicted molar refractivity (Wildman–Crippen MR) is 73.5 cm³/mol. The van der Waals surface area contributed by atoms with Crippen LogP contribution in [0, 0.1) is 0 Å². The summed E-state index contributed by atoms with van der Waals surface area (Å²) < 4.78 is 28.8. The lowest BCUT2D eigenvalue weighted by Gasteiger charge is -2.19. The van der Waals surface area contributed by atoms with Gasteiger partial charge in [-0.15, -0.1) is 6.58 Å². The maximum atomic E-state index is 12.2. The van der Waals surface area contributed by atoms with Crippen molar-refractivity contribution < 1.29 is 13.5 Å². The van der Waals surface area contributed by atoms with Gasteiger partial charge >= 0.3 is 6.61 Å². The summed E-state index contributed by atoms with van der Waals surface area (Å²) >= 11 is 0. The number of halogens is 2. The molecule has 0 amide bonds. The third-order valence-corrected chi connectivity index (χ3v) is 2.84. The van der Waals surface area contributed by atoms with Crippen LogP contribution in [0.4, 0.5) is 8.78 Å². The Morgan fingerprint density at radius 2 is 2.21 bits per heavy atom. The molecule has 2 nitrogen and oxygen atoms in total. The highest BCUT2D eigenvalue weighted by Gasteiger charge is 2.12. The van der Waals surface area contributed by atoms with Gasteiger partial charge in [0, 0.05) is 6.04 Å². The third kappa shape index (κ3) is 5.83. The summed E-state index contributed by atoms with van der Waals surface area (Å²) in [6, 6.07) is 7.05. The fraction of sp³-hybridized carbons (Fsp3) is 0.467. The van der Waals surface area contributed by atoms with Crippen molar-refractivity contribution in [1.82, 2.24) is 5.32 Å². The minimum Gasteiger partial charge on any atom is -0.435 e. The first-order valence-electron chi connectivity index (χ1n) is 6.56. The van der Waals surface area contributed by atoms with E-state index in [1.165, 1.54) is 0 Å². The van der Waals surface area contributed by atoms with Crippen molar-refractivity contribution in [3.05, 3.63) is 42.5 Å². The number of benzene rings is 1. The second-order valence-corrected chi connectivity index (χ2v) is 4.28. The van der Waals surface area contributed by atoms with Crippen molar-refractivity contribution in [2.45, 2.75) is 38.8 Å². The minimum atomic E-state index is -2.78. The van der Waals surface area contributed by atoms with E-state index in [1.54, 1.807) is 18.2 Å². The van der Waals surface area contributed by atoms with E-state index in [1.807, 2.05) is 19.1 Å². The average Bonchev–Trinajstić information content (AvgIpc) is 2.37. The van der Waals surface area contributed by atoms with Gasteiger partial charge in [0.05, 0.1) is 0 Å². The maximum Gasteiger partial charge on any atom is 0.387 e. The molecular formula is C15H21F2NO. The van der Waals surface area contributed by atoms with Crippen LogP contribution in [0.1, 0.15) is 37.8 Å². The number of rotatable bonds is 9. The topological polar surface area (TPSA) is 21.3 Å². The molecule has 1 rings (SSSR count). The molecule has 1 atom stereocenters. The van der Waals surface area contributed by atoms with Crippen LogP contribution in [0.25, 0.3) is 0 Å². The summed E-state index contributed by atoms with van der Waals surface area (Å²) in [5.41, 5.74) is 0.976. The van der Waals surface area contributed by atoms with Gasteiger partial charge in [-0.25, -0.2) is 0 Å². The SMILES string of the molecule is C=CCCCC(NCC)c1cccc(OC(F)F)c1. The molecule has 0 bridgehead atoms. The lowest BCUT2D eigenvalue weighted by atomic mass is 10.0. The number of nitrogens with one attached hydrogen (secondary N) is 1. The van der Waals surface area contributed by atoms with Crippen LogP contribution < -0.4 is 10.1 Å². The monoisotopic (exact) mass is 269 g/mol. The number of allylic oxidation sites excluding steroid dienone is 1. The Balaban J connectivity index is 2.73. The number of alkyl halides is 2. The Labute approximate surface area is 113 Å². The van der Waals surface area contributed by atoms with E-state index in [2.05, 4.69) is 16.6 Å². The van der Waals surface area contributed by atoms with Crippen molar-refractivity contribution in [2.75, 3.05) is 6.54 Å². The molecule has 106 valence electrons. The van der Waals surface area contributed by atoms with Crippen LogP contribution in [0.3, 0.4) is 0 Å². The molecule has 0 aliphatic rings. The van der Waals surface area contributed by atoms with Crippen LogP contribution in [-0.2, 0) is 0 Å². The summed E-state index contributed by atoms with van der Waals surface area (Å²) in [4.78, 5) is 0. The summed E-state index contributed by atoms with van der Waals surface area (Å²) in [5.74, 6) is 0.208. The first-order valence-corrected chi connectivity index (χ1v) is 6.56. The van der Waals surface area contributed by atoms with Crippen LogP contribution in [-0.4, -0.2) is 13.2 Å². The Morgan fingerprint density at radius 3 is 2.84 bits per heavy atom. The molecule has 1 aromatic carbocycles. The van der Waals surface area contributed by atoms with Crippen LogP contribution in [0.5, 0.6) is 5.75 Å². The summed E-state index contributed by atoms with van der Waals surface area (Å²) in [7, 11) is 0. The molecule has 0 aliphatic heterocycles. The molecular weight excluding hydrogens is 248 g/mol. The fourth-order valence-corrected chi connectivity index (χ4v) is 2.01. The van der Waals surface area contributed by atoms with Crippen molar-refractivity contribution in [3.8, 4) is 5.75 Å². The van der Waals surface area contributed by atoms with Crippen molar-refractivity contribution in [2.24, 2.45) is 0 Å². The van der Waals surface area contributed by atoms with Gasteiger partial charge in [0.1, 0.15) is 5.75 Å². The van der Waals surface area contributed by atoms with E-state index >= 15 is 0 Å². The van der Waals surface area contributed by atoms with Crippen LogP contribution in [0.2, 0.25) is 0 Å². The smallest absolute Gasteiger partial charge is 0.387 e. The first-order chi connectivity index (χ1) is 9.17. The zero-order valence-electron chi connectivity index (χ0n) is 11.2. The standard InChI is InChI=1S/C15H21F2NO/c1-3-5-6-10-14(18-4-2)12-8-7-9-13(11-12)19-15(16)17/h3,7-9,11,14-15,18H,1,4-6,10H2,2H3. The molecule has 0 fully saturated rings. The lowest BCUT2D eigenvalue weighted by Crippen LogP contribution is -2.20. The Kier molecular flexibility index (Phi) is 7.11. The van der Waals surface area contributed by atoms with Crippen molar-refractivity contribution in [1.29, 1.82) is 0 Å². The molecule has 1 aromatic rings. The van der Waals surface area contributed by atoms with Gasteiger partial charge in [0.15, 0.2) is 0 Å². The highest BCUT2D eigenvalue weighted by molar-refractivity contribution is 5.30. The largest absolute Gasteiger partial charge is 0.435 e. The van der Waals surface area contributed by atoms with Gasteiger partial charge < -0.3 is 10.1 Å². The van der Waals surface area contributed by atoms with Gasteiger partial charge in [-0.3, -0.25) is 0 Å².